The first-order valence-electron chi connectivity index (χ1n) is 10.6. The molecule has 2 aliphatic heterocycles. The number of piperidine rings is 2. The van der Waals surface area contributed by atoms with E-state index in [0.29, 0.717) is 6.04 Å². The van der Waals surface area contributed by atoms with Gasteiger partial charge >= 0.3 is 6.18 Å². The highest BCUT2D eigenvalue weighted by molar-refractivity contribution is 7.12. The first-order chi connectivity index (χ1) is 14.9. The normalized spacial score (nSPS) is 19.9. The molecule has 4 rings (SSSR count). The van der Waals surface area contributed by atoms with Crippen LogP contribution in [0.25, 0.3) is 0 Å². The molecule has 2 aromatic heterocycles. The summed E-state index contributed by atoms with van der Waals surface area (Å²) in [6, 6.07) is 9.02. The number of alkyl halides is 3. The van der Waals surface area contributed by atoms with Crippen LogP contribution in [0.2, 0.25) is 0 Å². The maximum Gasteiger partial charge on any atom is 0.417 e. The van der Waals surface area contributed by atoms with Gasteiger partial charge < -0.3 is 9.64 Å². The zero-order valence-electron chi connectivity index (χ0n) is 17.1. The van der Waals surface area contributed by atoms with Gasteiger partial charge in [-0.15, -0.1) is 11.3 Å². The smallest absolute Gasteiger partial charge is 0.417 e. The number of halogens is 3. The summed E-state index contributed by atoms with van der Waals surface area (Å²) < 4.78 is 43.8. The third-order valence-corrected chi connectivity index (χ3v) is 7.03. The van der Waals surface area contributed by atoms with Gasteiger partial charge in [-0.2, -0.15) is 18.4 Å². The maximum absolute atomic E-state index is 12.6. The SMILES string of the molecule is N#Cc1ccc(CN2CCC(N3CCC(Oc4ccc(C(F)(F)F)cn4)CC3)CC2)s1. The number of hydrogen-bond acceptors (Lipinski definition) is 6. The quantitative estimate of drug-likeness (QED) is 0.669. The largest absolute Gasteiger partial charge is 0.474 e. The summed E-state index contributed by atoms with van der Waals surface area (Å²) in [5, 5.41) is 8.97. The number of likely N-dealkylation sites (tertiary alicyclic amines) is 2. The Balaban J connectivity index is 1.19. The van der Waals surface area contributed by atoms with Crippen LogP contribution in [-0.4, -0.2) is 53.1 Å². The Kier molecular flexibility index (Phi) is 6.80. The van der Waals surface area contributed by atoms with E-state index in [1.807, 2.05) is 12.1 Å². The highest BCUT2D eigenvalue weighted by atomic mass is 32.1. The number of thiophene rings is 1. The van der Waals surface area contributed by atoms with Gasteiger partial charge in [0.25, 0.3) is 0 Å². The van der Waals surface area contributed by atoms with Crippen LogP contribution in [-0.2, 0) is 12.7 Å². The van der Waals surface area contributed by atoms with E-state index in [1.54, 1.807) is 11.3 Å². The Morgan fingerprint density at radius 2 is 1.81 bits per heavy atom. The fourth-order valence-corrected chi connectivity index (χ4v) is 5.18. The van der Waals surface area contributed by atoms with Crippen LogP contribution >= 0.6 is 11.3 Å². The van der Waals surface area contributed by atoms with Crippen molar-refractivity contribution in [1.82, 2.24) is 14.8 Å². The van der Waals surface area contributed by atoms with Gasteiger partial charge in [-0.1, -0.05) is 0 Å². The molecule has 0 N–H and O–H groups in total. The lowest BCUT2D eigenvalue weighted by Gasteiger charge is -2.41. The molecule has 0 aromatic carbocycles. The van der Waals surface area contributed by atoms with E-state index in [-0.39, 0.29) is 12.0 Å². The van der Waals surface area contributed by atoms with E-state index in [2.05, 4.69) is 20.9 Å². The van der Waals surface area contributed by atoms with Crippen molar-refractivity contribution in [3.63, 3.8) is 0 Å². The summed E-state index contributed by atoms with van der Waals surface area (Å²) in [6.45, 7) is 4.89. The first kappa shape index (κ1) is 22.1. The highest BCUT2D eigenvalue weighted by Crippen LogP contribution is 2.30. The molecule has 0 spiro atoms. The molecule has 166 valence electrons. The Morgan fingerprint density at radius 3 is 2.39 bits per heavy atom. The van der Waals surface area contributed by atoms with Crippen molar-refractivity contribution in [2.45, 2.75) is 50.6 Å². The number of ether oxygens (including phenoxy) is 1. The number of nitriles is 1. The van der Waals surface area contributed by atoms with Crippen molar-refractivity contribution < 1.29 is 17.9 Å². The van der Waals surface area contributed by atoms with Crippen LogP contribution in [0.3, 0.4) is 0 Å². The molecule has 5 nitrogen and oxygen atoms in total. The minimum atomic E-state index is -4.38. The zero-order chi connectivity index (χ0) is 21.8. The molecule has 0 unspecified atom stereocenters. The Labute approximate surface area is 184 Å². The molecule has 2 saturated heterocycles. The number of hydrogen-bond donors (Lipinski definition) is 0. The maximum atomic E-state index is 12.6. The molecular weight excluding hydrogens is 425 g/mol. The highest BCUT2D eigenvalue weighted by Gasteiger charge is 2.32. The lowest BCUT2D eigenvalue weighted by atomic mass is 9.99. The molecule has 9 heteroatoms. The number of pyridine rings is 1. The summed E-state index contributed by atoms with van der Waals surface area (Å²) in [5.74, 6) is 0.257. The van der Waals surface area contributed by atoms with E-state index in [0.717, 1.165) is 75.5 Å². The van der Waals surface area contributed by atoms with Crippen LogP contribution in [0.1, 0.15) is 41.0 Å². The summed E-state index contributed by atoms with van der Waals surface area (Å²) in [6.07, 6.45) is 0.411. The van der Waals surface area contributed by atoms with E-state index < -0.39 is 11.7 Å². The Bertz CT molecular complexity index is 893. The van der Waals surface area contributed by atoms with Gasteiger partial charge in [0.15, 0.2) is 0 Å². The lowest BCUT2D eigenvalue weighted by molar-refractivity contribution is -0.137. The first-order valence-corrected chi connectivity index (χ1v) is 11.4. The molecule has 2 fully saturated rings. The fourth-order valence-electron chi connectivity index (χ4n) is 4.33. The average molecular weight is 451 g/mol. The van der Waals surface area contributed by atoms with Crippen molar-refractivity contribution in [2.75, 3.05) is 26.2 Å². The van der Waals surface area contributed by atoms with Crippen LogP contribution in [0.5, 0.6) is 5.88 Å². The van der Waals surface area contributed by atoms with Gasteiger partial charge in [-0.05, 0) is 43.9 Å². The second kappa shape index (κ2) is 9.55. The lowest BCUT2D eigenvalue weighted by Crippen LogP contribution is -2.48. The number of nitrogens with zero attached hydrogens (tertiary/aromatic N) is 4. The molecule has 0 radical (unpaired) electrons. The van der Waals surface area contributed by atoms with E-state index in [1.165, 1.54) is 10.9 Å². The monoisotopic (exact) mass is 450 g/mol. The second-order valence-corrected chi connectivity index (χ2v) is 9.29. The molecule has 2 aliphatic rings. The van der Waals surface area contributed by atoms with Gasteiger partial charge in [0.1, 0.15) is 17.1 Å². The fraction of sp³-hybridized carbons (Fsp3) is 0.545. The summed E-state index contributed by atoms with van der Waals surface area (Å²) >= 11 is 1.57. The third kappa shape index (κ3) is 5.76. The van der Waals surface area contributed by atoms with Gasteiger partial charge in [0, 0.05) is 55.9 Å². The van der Waals surface area contributed by atoms with Gasteiger partial charge in [0.05, 0.1) is 5.56 Å². The van der Waals surface area contributed by atoms with Gasteiger partial charge in [-0.25, -0.2) is 4.98 Å². The van der Waals surface area contributed by atoms with Gasteiger partial charge in [0.2, 0.25) is 5.88 Å². The predicted molar refractivity (Wildman–Crippen MR) is 112 cm³/mol. The minimum Gasteiger partial charge on any atom is -0.474 e. The van der Waals surface area contributed by atoms with Crippen LogP contribution in [0, 0.1) is 11.3 Å². The molecule has 31 heavy (non-hydrogen) atoms. The number of rotatable bonds is 5. The molecule has 0 saturated carbocycles. The van der Waals surface area contributed by atoms with Crippen molar-refractivity contribution in [3.8, 4) is 11.9 Å². The van der Waals surface area contributed by atoms with Crippen molar-refractivity contribution in [2.24, 2.45) is 0 Å². The second-order valence-electron chi connectivity index (χ2n) is 8.12. The zero-order valence-corrected chi connectivity index (χ0v) is 18.0. The third-order valence-electron chi connectivity index (χ3n) is 6.05. The van der Waals surface area contributed by atoms with E-state index in [9.17, 15) is 13.2 Å². The summed E-state index contributed by atoms with van der Waals surface area (Å²) in [7, 11) is 0. The van der Waals surface area contributed by atoms with Crippen LogP contribution in [0.15, 0.2) is 30.5 Å². The van der Waals surface area contributed by atoms with Crippen LogP contribution in [0.4, 0.5) is 13.2 Å². The van der Waals surface area contributed by atoms with Crippen LogP contribution < -0.4 is 4.74 Å². The average Bonchev–Trinajstić information content (AvgIpc) is 3.22. The molecule has 2 aromatic rings. The van der Waals surface area contributed by atoms with E-state index in [4.69, 9.17) is 10.00 Å². The van der Waals surface area contributed by atoms with Crippen molar-refractivity contribution in [1.29, 1.82) is 5.26 Å². The predicted octanol–water partition coefficient (Wildman–Crippen LogP) is 4.54. The molecule has 4 heterocycles. The molecule has 0 amide bonds. The Hall–Kier alpha value is -2.15. The molecule has 0 aliphatic carbocycles. The molecule has 0 atom stereocenters. The van der Waals surface area contributed by atoms with Gasteiger partial charge in [-0.3, -0.25) is 4.90 Å². The topological polar surface area (TPSA) is 52.4 Å². The van der Waals surface area contributed by atoms with E-state index >= 15 is 0 Å². The standard InChI is InChI=1S/C22H25F3N4OS/c23-22(24,25)16-1-4-21(27-14-16)30-18-7-11-29(12-8-18)17-5-9-28(10-6-17)15-20-3-2-19(13-26)31-20/h1-4,14,17-18H,5-12,15H2. The minimum absolute atomic E-state index is 0.00580. The Morgan fingerprint density at radius 1 is 1.06 bits per heavy atom. The summed E-state index contributed by atoms with van der Waals surface area (Å²) in [4.78, 5) is 10.8. The number of aromatic nitrogens is 1. The van der Waals surface area contributed by atoms with Crippen molar-refractivity contribution in [3.05, 3.63) is 45.8 Å². The summed E-state index contributed by atoms with van der Waals surface area (Å²) in [5.41, 5.74) is -0.759. The molecule has 0 bridgehead atoms. The molecular formula is C22H25F3N4OS. The van der Waals surface area contributed by atoms with Crippen molar-refractivity contribution >= 4 is 11.3 Å².